The molecule has 0 atom stereocenters. The van der Waals surface area contributed by atoms with Gasteiger partial charge in [0.25, 0.3) is 0 Å². The van der Waals surface area contributed by atoms with Gasteiger partial charge in [-0.15, -0.1) is 12.3 Å². The van der Waals surface area contributed by atoms with Crippen LogP contribution in [0.1, 0.15) is 41.0 Å². The third-order valence-electron chi connectivity index (χ3n) is 2.23. The van der Waals surface area contributed by atoms with Gasteiger partial charge in [0.1, 0.15) is 0 Å². The molecular weight excluding hydrogens is 174 g/mol. The van der Waals surface area contributed by atoms with Crippen LogP contribution in [0.5, 0.6) is 0 Å². The molecule has 0 radical (unpaired) electrons. The fraction of sp³-hybridized carbons (Fsp3) is 0.750. The minimum atomic E-state index is -0.397. The Labute approximate surface area is 87.5 Å². The Kier molecular flexibility index (Phi) is 4.19. The van der Waals surface area contributed by atoms with Crippen molar-refractivity contribution in [1.82, 2.24) is 5.32 Å². The zero-order valence-corrected chi connectivity index (χ0v) is 9.90. The predicted octanol–water partition coefficient (Wildman–Crippen LogP) is 2.20. The van der Waals surface area contributed by atoms with Crippen LogP contribution in [-0.4, -0.2) is 12.5 Å². The van der Waals surface area contributed by atoms with Gasteiger partial charge in [0.05, 0.1) is 0 Å². The zero-order chi connectivity index (χ0) is 11.4. The lowest BCUT2D eigenvalue weighted by atomic mass is 9.75. The molecule has 0 saturated carbocycles. The molecule has 0 spiro atoms. The van der Waals surface area contributed by atoms with Crippen molar-refractivity contribution < 1.29 is 4.79 Å². The van der Waals surface area contributed by atoms with Gasteiger partial charge in [0.15, 0.2) is 0 Å². The Morgan fingerprint density at radius 3 is 2.21 bits per heavy atom. The molecule has 0 saturated heterocycles. The maximum Gasteiger partial charge on any atom is 0.225 e. The summed E-state index contributed by atoms with van der Waals surface area (Å²) in [6.45, 7) is 10.4. The predicted molar refractivity (Wildman–Crippen MR) is 59.7 cm³/mol. The van der Waals surface area contributed by atoms with Crippen molar-refractivity contribution in [1.29, 1.82) is 0 Å². The lowest BCUT2D eigenvalue weighted by Crippen LogP contribution is -2.39. The van der Waals surface area contributed by atoms with Crippen molar-refractivity contribution in [2.24, 2.45) is 10.8 Å². The van der Waals surface area contributed by atoms with Gasteiger partial charge in [-0.05, 0) is 27.2 Å². The summed E-state index contributed by atoms with van der Waals surface area (Å²) < 4.78 is 0. The fourth-order valence-electron chi connectivity index (χ4n) is 1.64. The van der Waals surface area contributed by atoms with E-state index in [2.05, 4.69) is 11.2 Å². The second-order valence-corrected chi connectivity index (χ2v) is 4.95. The quantitative estimate of drug-likeness (QED) is 0.685. The molecule has 1 amide bonds. The number of terminal acetylenes is 1. The Balaban J connectivity index is 4.50. The van der Waals surface area contributed by atoms with E-state index in [0.717, 1.165) is 0 Å². The van der Waals surface area contributed by atoms with E-state index < -0.39 is 5.41 Å². The maximum atomic E-state index is 11.7. The van der Waals surface area contributed by atoms with Gasteiger partial charge in [0, 0.05) is 17.4 Å². The molecule has 0 aliphatic heterocycles. The number of amides is 1. The number of hydrogen-bond donors (Lipinski definition) is 1. The molecule has 0 aromatic rings. The highest BCUT2D eigenvalue weighted by molar-refractivity contribution is 5.81. The van der Waals surface area contributed by atoms with E-state index in [0.29, 0.717) is 13.0 Å². The standard InChI is InChI=1S/C12H21NO/c1-7-11(3,4)9-12(5,6)10(14)13-8-2/h1H,8-9H2,2-6H3,(H,13,14). The van der Waals surface area contributed by atoms with E-state index in [4.69, 9.17) is 6.42 Å². The van der Waals surface area contributed by atoms with Crippen molar-refractivity contribution >= 4 is 5.91 Å². The van der Waals surface area contributed by atoms with E-state index in [9.17, 15) is 4.79 Å². The van der Waals surface area contributed by atoms with Crippen molar-refractivity contribution in [3.63, 3.8) is 0 Å². The van der Waals surface area contributed by atoms with Crippen LogP contribution in [0.3, 0.4) is 0 Å². The van der Waals surface area contributed by atoms with Gasteiger partial charge in [-0.2, -0.15) is 0 Å². The summed E-state index contributed by atoms with van der Waals surface area (Å²) in [5, 5.41) is 2.82. The first-order valence-electron chi connectivity index (χ1n) is 5.01. The van der Waals surface area contributed by atoms with Crippen molar-refractivity contribution in [3.05, 3.63) is 0 Å². The van der Waals surface area contributed by atoms with Gasteiger partial charge in [-0.1, -0.05) is 13.8 Å². The fourth-order valence-corrected chi connectivity index (χ4v) is 1.64. The summed E-state index contributed by atoms with van der Waals surface area (Å²) in [6, 6.07) is 0. The van der Waals surface area contributed by atoms with Crippen LogP contribution in [0.2, 0.25) is 0 Å². The van der Waals surface area contributed by atoms with Crippen molar-refractivity contribution in [3.8, 4) is 12.3 Å². The second-order valence-electron chi connectivity index (χ2n) is 4.95. The van der Waals surface area contributed by atoms with E-state index in [1.807, 2.05) is 34.6 Å². The van der Waals surface area contributed by atoms with Crippen LogP contribution in [-0.2, 0) is 4.79 Å². The highest BCUT2D eigenvalue weighted by Crippen LogP contribution is 2.33. The molecular formula is C12H21NO. The molecule has 80 valence electrons. The maximum absolute atomic E-state index is 11.7. The normalized spacial score (nSPS) is 12.0. The molecule has 0 aliphatic rings. The molecule has 0 aliphatic carbocycles. The summed E-state index contributed by atoms with van der Waals surface area (Å²) in [5.41, 5.74) is -0.625. The van der Waals surface area contributed by atoms with Crippen LogP contribution in [0.25, 0.3) is 0 Å². The first-order chi connectivity index (χ1) is 6.25. The number of nitrogens with one attached hydrogen (secondary N) is 1. The lowest BCUT2D eigenvalue weighted by molar-refractivity contribution is -0.130. The second kappa shape index (κ2) is 4.50. The van der Waals surface area contributed by atoms with Crippen LogP contribution >= 0.6 is 0 Å². The van der Waals surface area contributed by atoms with E-state index in [1.165, 1.54) is 0 Å². The smallest absolute Gasteiger partial charge is 0.225 e. The van der Waals surface area contributed by atoms with Gasteiger partial charge in [0.2, 0.25) is 5.91 Å². The van der Waals surface area contributed by atoms with Crippen LogP contribution in [0.4, 0.5) is 0 Å². The minimum Gasteiger partial charge on any atom is -0.356 e. The number of carbonyl (C=O) groups is 1. The molecule has 2 nitrogen and oxygen atoms in total. The number of hydrogen-bond acceptors (Lipinski definition) is 1. The number of rotatable bonds is 4. The summed E-state index contributed by atoms with van der Waals surface area (Å²) in [4.78, 5) is 11.7. The van der Waals surface area contributed by atoms with Gasteiger partial charge in [-0.25, -0.2) is 0 Å². The molecule has 2 heteroatoms. The third kappa shape index (κ3) is 3.83. The molecule has 0 aromatic carbocycles. The number of carbonyl (C=O) groups excluding carboxylic acids is 1. The van der Waals surface area contributed by atoms with Crippen molar-refractivity contribution in [2.75, 3.05) is 6.54 Å². The van der Waals surface area contributed by atoms with E-state index in [-0.39, 0.29) is 11.3 Å². The highest BCUT2D eigenvalue weighted by Gasteiger charge is 2.33. The molecule has 1 N–H and O–H groups in total. The van der Waals surface area contributed by atoms with E-state index in [1.54, 1.807) is 0 Å². The monoisotopic (exact) mass is 195 g/mol. The Morgan fingerprint density at radius 1 is 1.36 bits per heavy atom. The average molecular weight is 195 g/mol. The first-order valence-corrected chi connectivity index (χ1v) is 5.01. The van der Waals surface area contributed by atoms with Crippen LogP contribution in [0.15, 0.2) is 0 Å². The highest BCUT2D eigenvalue weighted by atomic mass is 16.2. The molecule has 14 heavy (non-hydrogen) atoms. The first kappa shape index (κ1) is 13.0. The summed E-state index contributed by atoms with van der Waals surface area (Å²) in [6.07, 6.45) is 6.10. The average Bonchev–Trinajstić information content (AvgIpc) is 2.03. The molecule has 0 rings (SSSR count). The summed E-state index contributed by atoms with van der Waals surface area (Å²) >= 11 is 0. The zero-order valence-electron chi connectivity index (χ0n) is 9.90. The SMILES string of the molecule is C#CC(C)(C)CC(C)(C)C(=O)NCC. The topological polar surface area (TPSA) is 29.1 Å². The minimum absolute atomic E-state index is 0.0725. The Morgan fingerprint density at radius 2 is 1.86 bits per heavy atom. The summed E-state index contributed by atoms with van der Waals surface area (Å²) in [7, 11) is 0. The molecule has 0 bridgehead atoms. The van der Waals surface area contributed by atoms with Crippen molar-refractivity contribution in [2.45, 2.75) is 41.0 Å². The summed E-state index contributed by atoms with van der Waals surface area (Å²) in [5.74, 6) is 2.79. The van der Waals surface area contributed by atoms with Crippen LogP contribution < -0.4 is 5.32 Å². The molecule has 0 fully saturated rings. The third-order valence-corrected chi connectivity index (χ3v) is 2.23. The molecule has 0 heterocycles. The van der Waals surface area contributed by atoms with Crippen LogP contribution in [0, 0.1) is 23.2 Å². The van der Waals surface area contributed by atoms with Gasteiger partial charge >= 0.3 is 0 Å². The Hall–Kier alpha value is -0.970. The molecule has 0 unspecified atom stereocenters. The van der Waals surface area contributed by atoms with E-state index >= 15 is 0 Å². The lowest BCUT2D eigenvalue weighted by Gasteiger charge is -2.30. The van der Waals surface area contributed by atoms with Gasteiger partial charge < -0.3 is 5.32 Å². The Bertz CT molecular complexity index is 246. The largest absolute Gasteiger partial charge is 0.356 e. The molecule has 0 aromatic heterocycles. The van der Waals surface area contributed by atoms with Gasteiger partial charge in [-0.3, -0.25) is 4.79 Å².